The Kier molecular flexibility index (Phi) is 6.18. The molecule has 1 N–H and O–H groups in total. The van der Waals surface area contributed by atoms with Gasteiger partial charge in [0.05, 0.1) is 23.9 Å². The van der Waals surface area contributed by atoms with Crippen molar-refractivity contribution >= 4 is 27.3 Å². The highest BCUT2D eigenvalue weighted by molar-refractivity contribution is 7.92. The lowest BCUT2D eigenvalue weighted by Crippen LogP contribution is -2.43. The first-order chi connectivity index (χ1) is 14.4. The van der Waals surface area contributed by atoms with E-state index in [1.807, 2.05) is 27.7 Å². The number of fused-ring (bicyclic) bond motifs is 1. The van der Waals surface area contributed by atoms with Crippen LogP contribution < -0.4 is 19.1 Å². The molecule has 1 aliphatic heterocycles. The summed E-state index contributed by atoms with van der Waals surface area (Å²) in [5, 5.41) is 0. The molecule has 1 heterocycles. The molecular formula is C22H27FN2O5S. The Hall–Kier alpha value is -2.81. The largest absolute Gasteiger partial charge is 0.495 e. The number of sulfonamides is 1. The SMILES string of the molecule is COc1ccc(F)cc1S(=O)(=O)Nc1ccc2c(c1)OCC(C)(C)C(=O)N2CC(C)C. The van der Waals surface area contributed by atoms with E-state index in [4.69, 9.17) is 9.47 Å². The minimum Gasteiger partial charge on any atom is -0.495 e. The van der Waals surface area contributed by atoms with Gasteiger partial charge in [0, 0.05) is 12.6 Å². The number of methoxy groups -OCH3 is 1. The Balaban J connectivity index is 1.99. The molecule has 7 nitrogen and oxygen atoms in total. The molecule has 0 atom stereocenters. The molecule has 0 aromatic heterocycles. The summed E-state index contributed by atoms with van der Waals surface area (Å²) in [6.07, 6.45) is 0. The maximum absolute atomic E-state index is 13.7. The molecule has 0 radical (unpaired) electrons. The minimum atomic E-state index is -4.13. The summed E-state index contributed by atoms with van der Waals surface area (Å²) in [4.78, 5) is 14.4. The lowest BCUT2D eigenvalue weighted by molar-refractivity contribution is -0.127. The van der Waals surface area contributed by atoms with Crippen LogP contribution in [0, 0.1) is 17.2 Å². The molecule has 1 aliphatic rings. The third-order valence-electron chi connectivity index (χ3n) is 4.88. The molecule has 2 aromatic carbocycles. The van der Waals surface area contributed by atoms with E-state index in [0.29, 0.717) is 18.0 Å². The van der Waals surface area contributed by atoms with Crippen molar-refractivity contribution in [1.82, 2.24) is 0 Å². The van der Waals surface area contributed by atoms with Crippen LogP contribution in [0.5, 0.6) is 11.5 Å². The van der Waals surface area contributed by atoms with Crippen molar-refractivity contribution < 1.29 is 27.1 Å². The molecule has 0 saturated carbocycles. The quantitative estimate of drug-likeness (QED) is 0.718. The van der Waals surface area contributed by atoms with E-state index in [0.717, 1.165) is 12.1 Å². The first-order valence-electron chi connectivity index (χ1n) is 9.90. The second-order valence-electron chi connectivity index (χ2n) is 8.57. The molecule has 168 valence electrons. The average molecular weight is 451 g/mol. The van der Waals surface area contributed by atoms with Gasteiger partial charge in [-0.05, 0) is 50.1 Å². The number of hydrogen-bond donors (Lipinski definition) is 1. The Bertz CT molecular complexity index is 1100. The van der Waals surface area contributed by atoms with Crippen LogP contribution in [0.1, 0.15) is 27.7 Å². The first-order valence-corrected chi connectivity index (χ1v) is 11.4. The Morgan fingerprint density at radius 3 is 2.58 bits per heavy atom. The molecule has 0 aliphatic carbocycles. The topological polar surface area (TPSA) is 84.9 Å². The fourth-order valence-electron chi connectivity index (χ4n) is 3.33. The Morgan fingerprint density at radius 1 is 1.23 bits per heavy atom. The van der Waals surface area contributed by atoms with Gasteiger partial charge in [0.15, 0.2) is 0 Å². The molecule has 0 fully saturated rings. The number of halogens is 1. The first kappa shape index (κ1) is 22.9. The molecule has 9 heteroatoms. The molecular weight excluding hydrogens is 423 g/mol. The van der Waals surface area contributed by atoms with Gasteiger partial charge in [0.1, 0.15) is 28.8 Å². The summed E-state index contributed by atoms with van der Waals surface area (Å²) >= 11 is 0. The number of amides is 1. The normalized spacial score (nSPS) is 15.8. The molecule has 1 amide bonds. The molecule has 0 spiro atoms. The number of rotatable bonds is 6. The maximum Gasteiger partial charge on any atom is 0.265 e. The summed E-state index contributed by atoms with van der Waals surface area (Å²) in [6, 6.07) is 7.99. The monoisotopic (exact) mass is 450 g/mol. The van der Waals surface area contributed by atoms with Crippen molar-refractivity contribution in [3.63, 3.8) is 0 Å². The van der Waals surface area contributed by atoms with E-state index in [2.05, 4.69) is 4.72 Å². The van der Waals surface area contributed by atoms with E-state index in [9.17, 15) is 17.6 Å². The Morgan fingerprint density at radius 2 is 1.94 bits per heavy atom. The van der Waals surface area contributed by atoms with Crippen molar-refractivity contribution in [2.45, 2.75) is 32.6 Å². The van der Waals surface area contributed by atoms with Crippen LogP contribution >= 0.6 is 0 Å². The summed E-state index contributed by atoms with van der Waals surface area (Å²) in [5.41, 5.74) is 0.0694. The predicted molar refractivity (Wildman–Crippen MR) is 117 cm³/mol. The van der Waals surface area contributed by atoms with Gasteiger partial charge in [0.2, 0.25) is 5.91 Å². The third-order valence-corrected chi connectivity index (χ3v) is 6.28. The standard InChI is InChI=1S/C22H27FN2O5S/c1-14(2)12-25-17-8-7-16(11-19(17)30-13-22(3,4)21(25)26)24-31(27,28)20-10-15(23)6-9-18(20)29-5/h6-11,14,24H,12-13H2,1-5H3. The molecule has 0 unspecified atom stereocenters. The number of anilines is 2. The van der Waals surface area contributed by atoms with Gasteiger partial charge < -0.3 is 14.4 Å². The summed E-state index contributed by atoms with van der Waals surface area (Å²) < 4.78 is 52.8. The van der Waals surface area contributed by atoms with Gasteiger partial charge in [0.25, 0.3) is 10.0 Å². The summed E-state index contributed by atoms with van der Waals surface area (Å²) in [5.74, 6) is -0.111. The maximum atomic E-state index is 13.7. The molecule has 31 heavy (non-hydrogen) atoms. The number of nitrogens with one attached hydrogen (secondary N) is 1. The Labute approximate surface area is 182 Å². The highest BCUT2D eigenvalue weighted by Crippen LogP contribution is 2.39. The van der Waals surface area contributed by atoms with Crippen LogP contribution in [-0.4, -0.2) is 34.6 Å². The number of carbonyl (C=O) groups excluding carboxylic acids is 1. The smallest absolute Gasteiger partial charge is 0.265 e. The van der Waals surface area contributed by atoms with Gasteiger partial charge in [-0.3, -0.25) is 9.52 Å². The number of benzene rings is 2. The van der Waals surface area contributed by atoms with E-state index in [1.165, 1.54) is 19.2 Å². The van der Waals surface area contributed by atoms with E-state index in [1.54, 1.807) is 17.0 Å². The molecule has 2 aromatic rings. The van der Waals surface area contributed by atoms with E-state index >= 15 is 0 Å². The number of ether oxygens (including phenoxy) is 2. The zero-order chi connectivity index (χ0) is 23.0. The second kappa shape index (κ2) is 8.37. The fraction of sp³-hybridized carbons (Fsp3) is 0.409. The summed E-state index contributed by atoms with van der Waals surface area (Å²) in [7, 11) is -2.82. The van der Waals surface area contributed by atoms with Crippen molar-refractivity contribution in [3.8, 4) is 11.5 Å². The predicted octanol–water partition coefficient (Wildman–Crippen LogP) is 4.04. The van der Waals surface area contributed by atoms with Crippen LogP contribution in [0.25, 0.3) is 0 Å². The molecule has 0 saturated heterocycles. The second-order valence-corrected chi connectivity index (χ2v) is 10.2. The molecule has 3 rings (SSSR count). The molecule has 0 bridgehead atoms. The zero-order valence-corrected chi connectivity index (χ0v) is 19.0. The number of carbonyl (C=O) groups is 1. The summed E-state index contributed by atoms with van der Waals surface area (Å²) in [6.45, 7) is 8.31. The average Bonchev–Trinajstić information content (AvgIpc) is 2.77. The lowest BCUT2D eigenvalue weighted by atomic mass is 9.92. The van der Waals surface area contributed by atoms with E-state index in [-0.39, 0.29) is 34.8 Å². The third kappa shape index (κ3) is 4.76. The van der Waals surface area contributed by atoms with Crippen molar-refractivity contribution in [1.29, 1.82) is 0 Å². The van der Waals surface area contributed by atoms with Crippen molar-refractivity contribution in [2.75, 3.05) is 29.9 Å². The van der Waals surface area contributed by atoms with Gasteiger partial charge >= 0.3 is 0 Å². The number of hydrogen-bond acceptors (Lipinski definition) is 5. The zero-order valence-electron chi connectivity index (χ0n) is 18.2. The van der Waals surface area contributed by atoms with Crippen LogP contribution in [0.4, 0.5) is 15.8 Å². The van der Waals surface area contributed by atoms with Gasteiger partial charge in [-0.25, -0.2) is 12.8 Å². The van der Waals surface area contributed by atoms with Crippen LogP contribution in [-0.2, 0) is 14.8 Å². The van der Waals surface area contributed by atoms with Crippen LogP contribution in [0.3, 0.4) is 0 Å². The van der Waals surface area contributed by atoms with Gasteiger partial charge in [-0.15, -0.1) is 0 Å². The fourth-order valence-corrected chi connectivity index (χ4v) is 4.56. The minimum absolute atomic E-state index is 0.0235. The van der Waals surface area contributed by atoms with Gasteiger partial charge in [-0.2, -0.15) is 0 Å². The van der Waals surface area contributed by atoms with Crippen LogP contribution in [0.15, 0.2) is 41.3 Å². The number of nitrogens with zero attached hydrogens (tertiary/aromatic N) is 1. The highest BCUT2D eigenvalue weighted by Gasteiger charge is 2.38. The van der Waals surface area contributed by atoms with E-state index < -0.39 is 21.3 Å². The van der Waals surface area contributed by atoms with Crippen LogP contribution in [0.2, 0.25) is 0 Å². The van der Waals surface area contributed by atoms with Crippen molar-refractivity contribution in [2.24, 2.45) is 11.3 Å². The van der Waals surface area contributed by atoms with Crippen molar-refractivity contribution in [3.05, 3.63) is 42.2 Å². The lowest BCUT2D eigenvalue weighted by Gasteiger charge is -2.29. The highest BCUT2D eigenvalue weighted by atomic mass is 32.2. The van der Waals surface area contributed by atoms with Gasteiger partial charge in [-0.1, -0.05) is 13.8 Å².